The lowest BCUT2D eigenvalue weighted by atomic mass is 9.32. The molecule has 266 valence electrons. The highest BCUT2D eigenvalue weighted by Crippen LogP contribution is 2.78. The van der Waals surface area contributed by atoms with Crippen molar-refractivity contribution in [3.63, 3.8) is 0 Å². The van der Waals surface area contributed by atoms with Crippen LogP contribution in [-0.4, -0.2) is 49.3 Å². The highest BCUT2D eigenvalue weighted by molar-refractivity contribution is 5.81. The Morgan fingerprint density at radius 3 is 2.23 bits per heavy atom. The molecule has 0 aromatic heterocycles. The SMILES string of the molecule is C=C(C)[C@@H]1CC[C@]2(CC(=O)NCCOC)CC[C@]3(C)[C@H](CC[C@@H]4[C@@]5(C)CC[C@H](OC(=O)CC(C)(C)C(=O)O)C(C)(C)[C@@H]5CC[C@]43C)[C@@H]12. The third kappa shape index (κ3) is 5.80. The van der Waals surface area contributed by atoms with Gasteiger partial charge in [0.2, 0.25) is 5.91 Å². The van der Waals surface area contributed by atoms with Crippen molar-refractivity contribution in [1.29, 1.82) is 0 Å². The van der Waals surface area contributed by atoms with Gasteiger partial charge in [0, 0.05) is 25.5 Å². The lowest BCUT2D eigenvalue weighted by Crippen LogP contribution is -2.67. The Labute approximate surface area is 284 Å². The first-order valence-electron chi connectivity index (χ1n) is 18.6. The summed E-state index contributed by atoms with van der Waals surface area (Å²) in [5.41, 5.74) is 0.550. The summed E-state index contributed by atoms with van der Waals surface area (Å²) in [6.45, 7) is 23.4. The molecule has 47 heavy (non-hydrogen) atoms. The van der Waals surface area contributed by atoms with Crippen molar-refractivity contribution in [3.8, 4) is 0 Å². The van der Waals surface area contributed by atoms with E-state index in [9.17, 15) is 19.5 Å². The summed E-state index contributed by atoms with van der Waals surface area (Å²) in [5.74, 6) is 1.39. The second-order valence-electron chi connectivity index (χ2n) is 18.8. The number of esters is 1. The van der Waals surface area contributed by atoms with Crippen LogP contribution < -0.4 is 5.32 Å². The summed E-state index contributed by atoms with van der Waals surface area (Å²) in [6.07, 6.45) is 11.5. The second kappa shape index (κ2) is 12.5. The van der Waals surface area contributed by atoms with Gasteiger partial charge in [0.1, 0.15) is 6.10 Å². The zero-order valence-electron chi connectivity index (χ0n) is 31.1. The molecule has 0 heterocycles. The van der Waals surface area contributed by atoms with E-state index in [0.717, 1.165) is 38.5 Å². The number of allylic oxidation sites excluding steroid dienone is 1. The predicted molar refractivity (Wildman–Crippen MR) is 184 cm³/mol. The van der Waals surface area contributed by atoms with Gasteiger partial charge in [-0.05, 0) is 136 Å². The number of aliphatic carboxylic acids is 1. The molecule has 0 aromatic carbocycles. The molecular weight excluding hydrogens is 590 g/mol. The summed E-state index contributed by atoms with van der Waals surface area (Å²) < 4.78 is 11.4. The van der Waals surface area contributed by atoms with Gasteiger partial charge < -0.3 is 19.9 Å². The summed E-state index contributed by atoms with van der Waals surface area (Å²) in [4.78, 5) is 38.1. The largest absolute Gasteiger partial charge is 0.481 e. The second-order valence-corrected chi connectivity index (χ2v) is 18.8. The van der Waals surface area contributed by atoms with E-state index in [-0.39, 0.29) is 45.5 Å². The van der Waals surface area contributed by atoms with Crippen molar-refractivity contribution in [2.45, 2.75) is 139 Å². The van der Waals surface area contributed by atoms with Crippen molar-refractivity contribution in [1.82, 2.24) is 5.32 Å². The molecule has 0 bridgehead atoms. The van der Waals surface area contributed by atoms with Crippen molar-refractivity contribution >= 4 is 17.8 Å². The van der Waals surface area contributed by atoms with Gasteiger partial charge in [-0.2, -0.15) is 0 Å². The Balaban J connectivity index is 1.39. The monoisotopic (exact) mass is 655 g/mol. The Hall–Kier alpha value is -1.89. The van der Waals surface area contributed by atoms with Crippen molar-refractivity contribution < 1.29 is 29.0 Å². The molecule has 0 unspecified atom stereocenters. The van der Waals surface area contributed by atoms with E-state index >= 15 is 0 Å². The Morgan fingerprint density at radius 2 is 1.60 bits per heavy atom. The minimum Gasteiger partial charge on any atom is -0.481 e. The van der Waals surface area contributed by atoms with Gasteiger partial charge in [-0.25, -0.2) is 0 Å². The molecule has 5 rings (SSSR count). The zero-order valence-corrected chi connectivity index (χ0v) is 31.1. The van der Waals surface area contributed by atoms with Crippen LogP contribution in [-0.2, 0) is 23.9 Å². The lowest BCUT2D eigenvalue weighted by Gasteiger charge is -2.73. The molecule has 5 saturated carbocycles. The first-order valence-corrected chi connectivity index (χ1v) is 18.6. The highest BCUT2D eigenvalue weighted by atomic mass is 16.5. The van der Waals surface area contributed by atoms with Gasteiger partial charge in [-0.3, -0.25) is 14.4 Å². The molecule has 0 radical (unpaired) electrons. The van der Waals surface area contributed by atoms with Gasteiger partial charge in [-0.15, -0.1) is 0 Å². The molecule has 1 amide bonds. The Morgan fingerprint density at radius 1 is 0.894 bits per heavy atom. The third-order valence-corrected chi connectivity index (χ3v) is 15.8. The minimum absolute atomic E-state index is 0.0500. The number of carboxylic acids is 1. The number of fused-ring (bicyclic) bond motifs is 7. The maximum absolute atomic E-state index is 13.3. The first-order chi connectivity index (χ1) is 21.8. The van der Waals surface area contributed by atoms with Gasteiger partial charge in [-0.1, -0.05) is 46.8 Å². The van der Waals surface area contributed by atoms with Gasteiger partial charge in [0.15, 0.2) is 0 Å². The van der Waals surface area contributed by atoms with E-state index in [1.54, 1.807) is 21.0 Å². The van der Waals surface area contributed by atoms with Crippen molar-refractivity contribution in [3.05, 3.63) is 12.2 Å². The number of carbonyl (C=O) groups excluding carboxylic acids is 2. The third-order valence-electron chi connectivity index (χ3n) is 15.8. The molecule has 0 spiro atoms. The molecule has 2 N–H and O–H groups in total. The normalized spacial score (nSPS) is 42.2. The fraction of sp³-hybridized carbons (Fsp3) is 0.875. The molecule has 0 saturated heterocycles. The average molecular weight is 656 g/mol. The van der Waals surface area contributed by atoms with Gasteiger partial charge >= 0.3 is 11.9 Å². The summed E-state index contributed by atoms with van der Waals surface area (Å²) in [6, 6.07) is 0. The average Bonchev–Trinajstić information content (AvgIpc) is 3.34. The highest BCUT2D eigenvalue weighted by Gasteiger charge is 2.71. The fourth-order valence-corrected chi connectivity index (χ4v) is 13.1. The van der Waals surface area contributed by atoms with E-state index < -0.39 is 17.4 Å². The Kier molecular flexibility index (Phi) is 9.65. The number of ether oxygens (including phenoxy) is 2. The summed E-state index contributed by atoms with van der Waals surface area (Å²) in [7, 11) is 1.68. The molecular formula is C40H65NO6. The van der Waals surface area contributed by atoms with Crippen molar-refractivity contribution in [2.75, 3.05) is 20.3 Å². The van der Waals surface area contributed by atoms with Crippen molar-refractivity contribution in [2.24, 2.45) is 62.1 Å². The number of rotatable bonds is 10. The topological polar surface area (TPSA) is 102 Å². The van der Waals surface area contributed by atoms with Crippen LogP contribution in [0.3, 0.4) is 0 Å². The summed E-state index contributed by atoms with van der Waals surface area (Å²) >= 11 is 0. The maximum atomic E-state index is 13.3. The molecule has 10 atom stereocenters. The van der Waals surface area contributed by atoms with Crippen LogP contribution >= 0.6 is 0 Å². The lowest BCUT2D eigenvalue weighted by molar-refractivity contribution is -0.250. The van der Waals surface area contributed by atoms with Gasteiger partial charge in [0.05, 0.1) is 18.4 Å². The number of amides is 1. The number of methoxy groups -OCH3 is 1. The molecule has 5 aliphatic carbocycles. The van der Waals surface area contributed by atoms with E-state index in [1.807, 2.05) is 0 Å². The van der Waals surface area contributed by atoms with Gasteiger partial charge in [0.25, 0.3) is 0 Å². The quantitative estimate of drug-likeness (QED) is 0.140. The number of carboxylic acid groups (broad SMARTS) is 1. The smallest absolute Gasteiger partial charge is 0.309 e. The molecule has 0 aliphatic heterocycles. The van der Waals surface area contributed by atoms with E-state index in [2.05, 4.69) is 53.4 Å². The number of carbonyl (C=O) groups is 3. The van der Waals surface area contributed by atoms with Crippen LogP contribution in [0, 0.1) is 62.1 Å². The molecule has 5 aliphatic rings. The number of hydrogen-bond donors (Lipinski definition) is 2. The van der Waals surface area contributed by atoms with E-state index in [4.69, 9.17) is 9.47 Å². The zero-order chi connectivity index (χ0) is 34.8. The van der Waals surface area contributed by atoms with Crippen LogP contribution in [0.25, 0.3) is 0 Å². The van der Waals surface area contributed by atoms with Crippen LogP contribution in [0.1, 0.15) is 132 Å². The van der Waals surface area contributed by atoms with Crippen LogP contribution in [0.2, 0.25) is 0 Å². The van der Waals surface area contributed by atoms with E-state index in [1.165, 1.54) is 31.3 Å². The molecule has 7 nitrogen and oxygen atoms in total. The van der Waals surface area contributed by atoms with E-state index in [0.29, 0.717) is 49.2 Å². The number of nitrogens with one attached hydrogen (secondary N) is 1. The fourth-order valence-electron chi connectivity index (χ4n) is 13.1. The van der Waals surface area contributed by atoms with Crippen LogP contribution in [0.4, 0.5) is 0 Å². The maximum Gasteiger partial charge on any atom is 0.309 e. The Bertz CT molecular complexity index is 1260. The van der Waals surface area contributed by atoms with Crippen LogP contribution in [0.15, 0.2) is 12.2 Å². The predicted octanol–water partition coefficient (Wildman–Crippen LogP) is 8.21. The summed E-state index contributed by atoms with van der Waals surface area (Å²) in [5, 5.41) is 12.7. The molecule has 7 heteroatoms. The molecule has 0 aromatic rings. The van der Waals surface area contributed by atoms with Crippen LogP contribution in [0.5, 0.6) is 0 Å². The first kappa shape index (κ1) is 36.4. The minimum atomic E-state index is -1.14. The molecule has 5 fully saturated rings. The standard InChI is InChI=1S/C40H65NO6/c1-25(2)26-13-18-40(23-31(42)41-21-22-46-10)20-19-38(8)27(33(26)40)11-12-29-37(7)16-15-30(47-32(43)24-35(3,4)34(44)45)36(5,6)28(37)14-17-39(29,38)9/h26-30,33H,1,11-24H2,2-10H3,(H,41,42)(H,44,45)/t26-,27+,28-,29+,30-,33+,37-,38+,39+,40+/m0/s1. The number of hydrogen-bond acceptors (Lipinski definition) is 5.